The zero-order valence-corrected chi connectivity index (χ0v) is 15.9. The molecule has 26 heavy (non-hydrogen) atoms. The second-order valence-corrected chi connectivity index (χ2v) is 8.08. The van der Waals surface area contributed by atoms with Crippen LogP contribution in [-0.4, -0.2) is 33.7 Å². The van der Waals surface area contributed by atoms with Gasteiger partial charge in [0.25, 0.3) is 0 Å². The van der Waals surface area contributed by atoms with Crippen LogP contribution in [-0.2, 0) is 21.2 Å². The summed E-state index contributed by atoms with van der Waals surface area (Å²) in [7, 11) is -3.80. The van der Waals surface area contributed by atoms with Crippen LogP contribution in [0.1, 0.15) is 12.0 Å². The Morgan fingerprint density at radius 1 is 1.15 bits per heavy atom. The van der Waals surface area contributed by atoms with Crippen molar-refractivity contribution in [3.8, 4) is 0 Å². The van der Waals surface area contributed by atoms with E-state index in [1.807, 2.05) is 18.2 Å². The molecule has 0 aliphatic rings. The largest absolute Gasteiger partial charge is 0.355 e. The van der Waals surface area contributed by atoms with E-state index in [0.717, 1.165) is 22.2 Å². The molecule has 1 N–H and O–H groups in total. The third-order valence-corrected chi connectivity index (χ3v) is 5.21. The Morgan fingerprint density at radius 3 is 2.46 bits per heavy atom. The average Bonchev–Trinajstić information content (AvgIpc) is 2.58. The molecule has 0 unspecified atom stereocenters. The Kier molecular flexibility index (Phi) is 6.99. The topological polar surface area (TPSA) is 66.5 Å². The summed E-state index contributed by atoms with van der Waals surface area (Å²) in [5.74, 6) is -1.21. The first-order chi connectivity index (χ1) is 12.3. The lowest BCUT2D eigenvalue weighted by Gasteiger charge is -2.22. The van der Waals surface area contributed by atoms with Crippen molar-refractivity contribution in [3.63, 3.8) is 0 Å². The van der Waals surface area contributed by atoms with E-state index in [1.165, 1.54) is 18.2 Å². The number of benzene rings is 2. The Labute approximate surface area is 157 Å². The monoisotopic (exact) mass is 398 g/mol. The molecule has 2 aromatic carbocycles. The van der Waals surface area contributed by atoms with Gasteiger partial charge >= 0.3 is 0 Å². The summed E-state index contributed by atoms with van der Waals surface area (Å²) in [6.07, 6.45) is 2.27. The highest BCUT2D eigenvalue weighted by molar-refractivity contribution is 7.92. The van der Waals surface area contributed by atoms with Crippen LogP contribution < -0.4 is 9.62 Å². The van der Waals surface area contributed by atoms with Gasteiger partial charge in [-0.05, 0) is 36.6 Å². The van der Waals surface area contributed by atoms with Crippen molar-refractivity contribution in [2.24, 2.45) is 0 Å². The number of rotatable bonds is 8. The van der Waals surface area contributed by atoms with Crippen LogP contribution in [0.4, 0.5) is 10.1 Å². The third kappa shape index (κ3) is 5.71. The smallest absolute Gasteiger partial charge is 0.240 e. The maximum atomic E-state index is 13.9. The van der Waals surface area contributed by atoms with Gasteiger partial charge in [0.1, 0.15) is 12.4 Å². The van der Waals surface area contributed by atoms with Crippen LogP contribution in [0, 0.1) is 5.82 Å². The minimum Gasteiger partial charge on any atom is -0.355 e. The van der Waals surface area contributed by atoms with E-state index in [4.69, 9.17) is 11.6 Å². The molecule has 2 aromatic rings. The number of sulfonamides is 1. The number of anilines is 1. The number of carbonyl (C=O) groups excluding carboxylic acids is 1. The number of para-hydroxylation sites is 1. The minimum atomic E-state index is -3.80. The summed E-state index contributed by atoms with van der Waals surface area (Å²) < 4.78 is 38.5. The minimum absolute atomic E-state index is 0.152. The summed E-state index contributed by atoms with van der Waals surface area (Å²) in [4.78, 5) is 12.1. The standard InChI is InChI=1S/C18H20ClFN2O3S/c1-26(24,25)22(17-11-5-4-10-16(17)20)13-18(23)21-12-6-8-14-7-2-3-9-15(14)19/h2-5,7,9-11H,6,8,12-13H2,1H3,(H,21,23). The van der Waals surface area contributed by atoms with Crippen molar-refractivity contribution in [2.75, 3.05) is 23.7 Å². The summed E-state index contributed by atoms with van der Waals surface area (Å²) in [5.41, 5.74) is 0.828. The second kappa shape index (κ2) is 9.00. The van der Waals surface area contributed by atoms with Crippen molar-refractivity contribution in [2.45, 2.75) is 12.8 Å². The summed E-state index contributed by atoms with van der Waals surface area (Å²) in [5, 5.41) is 3.32. The number of hydrogen-bond acceptors (Lipinski definition) is 3. The molecule has 0 aromatic heterocycles. The van der Waals surface area contributed by atoms with Crippen LogP contribution in [0.2, 0.25) is 5.02 Å². The van der Waals surface area contributed by atoms with Gasteiger partial charge in [-0.25, -0.2) is 12.8 Å². The van der Waals surface area contributed by atoms with E-state index in [-0.39, 0.29) is 5.69 Å². The van der Waals surface area contributed by atoms with Crippen LogP contribution in [0.5, 0.6) is 0 Å². The highest BCUT2D eigenvalue weighted by Gasteiger charge is 2.23. The summed E-state index contributed by atoms with van der Waals surface area (Å²) >= 11 is 6.07. The fourth-order valence-electron chi connectivity index (χ4n) is 2.43. The van der Waals surface area contributed by atoms with Gasteiger partial charge in [0.15, 0.2) is 0 Å². The SMILES string of the molecule is CS(=O)(=O)N(CC(=O)NCCCc1ccccc1Cl)c1ccccc1F. The van der Waals surface area contributed by atoms with Gasteiger partial charge in [0.2, 0.25) is 15.9 Å². The highest BCUT2D eigenvalue weighted by atomic mass is 35.5. The van der Waals surface area contributed by atoms with E-state index in [1.54, 1.807) is 6.07 Å². The number of amides is 1. The van der Waals surface area contributed by atoms with Crippen LogP contribution in [0.15, 0.2) is 48.5 Å². The van der Waals surface area contributed by atoms with Crippen molar-refractivity contribution in [3.05, 3.63) is 64.9 Å². The number of halogens is 2. The Balaban J connectivity index is 1.92. The fourth-order valence-corrected chi connectivity index (χ4v) is 3.52. The van der Waals surface area contributed by atoms with Gasteiger partial charge < -0.3 is 5.32 Å². The predicted molar refractivity (Wildman–Crippen MR) is 101 cm³/mol. The molecule has 0 spiro atoms. The van der Waals surface area contributed by atoms with Crippen molar-refractivity contribution < 1.29 is 17.6 Å². The molecule has 0 atom stereocenters. The van der Waals surface area contributed by atoms with Crippen molar-refractivity contribution >= 4 is 33.2 Å². The molecule has 0 heterocycles. The van der Waals surface area contributed by atoms with E-state index >= 15 is 0 Å². The summed E-state index contributed by atoms with van der Waals surface area (Å²) in [6, 6.07) is 12.9. The molecular formula is C18H20ClFN2O3S. The molecule has 0 saturated carbocycles. The Hall–Kier alpha value is -2.12. The number of aryl methyl sites for hydroxylation is 1. The number of carbonyl (C=O) groups is 1. The number of nitrogens with zero attached hydrogens (tertiary/aromatic N) is 1. The molecule has 0 saturated heterocycles. The Morgan fingerprint density at radius 2 is 1.81 bits per heavy atom. The quantitative estimate of drug-likeness (QED) is 0.695. The van der Waals surface area contributed by atoms with Gasteiger partial charge in [-0.3, -0.25) is 9.10 Å². The fraction of sp³-hybridized carbons (Fsp3) is 0.278. The van der Waals surface area contributed by atoms with Gasteiger partial charge in [-0.2, -0.15) is 0 Å². The first kappa shape index (κ1) is 20.2. The zero-order chi connectivity index (χ0) is 19.2. The number of nitrogens with one attached hydrogen (secondary N) is 1. The average molecular weight is 399 g/mol. The molecule has 0 radical (unpaired) electrons. The van der Waals surface area contributed by atoms with Gasteiger partial charge in [-0.1, -0.05) is 41.9 Å². The molecule has 8 heteroatoms. The summed E-state index contributed by atoms with van der Waals surface area (Å²) in [6.45, 7) is -0.120. The van der Waals surface area contributed by atoms with Crippen LogP contribution in [0.3, 0.4) is 0 Å². The lowest BCUT2D eigenvalue weighted by molar-refractivity contribution is -0.119. The maximum Gasteiger partial charge on any atom is 0.240 e. The molecular weight excluding hydrogens is 379 g/mol. The van der Waals surface area contributed by atoms with Crippen molar-refractivity contribution in [1.29, 1.82) is 0 Å². The molecule has 0 aliphatic heterocycles. The first-order valence-corrected chi connectivity index (χ1v) is 10.2. The maximum absolute atomic E-state index is 13.9. The van der Waals surface area contributed by atoms with Gasteiger partial charge in [0, 0.05) is 11.6 Å². The molecule has 0 aliphatic carbocycles. The first-order valence-electron chi connectivity index (χ1n) is 8.01. The van der Waals surface area contributed by atoms with Crippen LogP contribution >= 0.6 is 11.6 Å². The molecule has 140 valence electrons. The molecule has 1 amide bonds. The van der Waals surface area contributed by atoms with E-state index in [0.29, 0.717) is 24.4 Å². The van der Waals surface area contributed by atoms with Gasteiger partial charge in [0.05, 0.1) is 11.9 Å². The third-order valence-electron chi connectivity index (χ3n) is 3.71. The second-order valence-electron chi connectivity index (χ2n) is 5.77. The lowest BCUT2D eigenvalue weighted by atomic mass is 10.1. The highest BCUT2D eigenvalue weighted by Crippen LogP contribution is 2.21. The van der Waals surface area contributed by atoms with Crippen molar-refractivity contribution in [1.82, 2.24) is 5.32 Å². The molecule has 5 nitrogen and oxygen atoms in total. The lowest BCUT2D eigenvalue weighted by Crippen LogP contribution is -2.41. The van der Waals surface area contributed by atoms with Gasteiger partial charge in [-0.15, -0.1) is 0 Å². The molecule has 0 fully saturated rings. The van der Waals surface area contributed by atoms with E-state index in [2.05, 4.69) is 5.32 Å². The van der Waals surface area contributed by atoms with E-state index in [9.17, 15) is 17.6 Å². The normalized spacial score (nSPS) is 11.2. The van der Waals surface area contributed by atoms with E-state index < -0.39 is 28.3 Å². The van der Waals surface area contributed by atoms with Crippen LogP contribution in [0.25, 0.3) is 0 Å². The number of hydrogen-bond donors (Lipinski definition) is 1. The molecule has 0 bridgehead atoms. The Bertz CT molecular complexity index is 874. The molecule has 2 rings (SSSR count). The predicted octanol–water partition coefficient (Wildman–Crippen LogP) is 2.99. The zero-order valence-electron chi connectivity index (χ0n) is 14.3.